The molecule has 0 saturated heterocycles. The van der Waals surface area contributed by atoms with E-state index in [4.69, 9.17) is 22.9 Å². The molecule has 13 N–H and O–H groups in total. The molecule has 0 aliphatic heterocycles. The zero-order chi connectivity index (χ0) is 31.9. The molecule has 0 fully saturated rings. The Morgan fingerprint density at radius 1 is 0.907 bits per heavy atom. The Kier molecular flexibility index (Phi) is 14.4. The number of benzene rings is 1. The van der Waals surface area contributed by atoms with Crippen molar-refractivity contribution in [3.05, 3.63) is 36.0 Å². The molecule has 1 heterocycles. The second-order valence-electron chi connectivity index (χ2n) is 11.1. The molecule has 4 unspecified atom stereocenters. The van der Waals surface area contributed by atoms with Crippen LogP contribution in [0, 0.1) is 5.92 Å². The monoisotopic (exact) mass is 601 g/mol. The molecule has 0 spiro atoms. The molecule has 0 aliphatic carbocycles. The van der Waals surface area contributed by atoms with E-state index in [1.54, 1.807) is 6.20 Å². The van der Waals surface area contributed by atoms with Crippen LogP contribution in [0.3, 0.4) is 0 Å². The van der Waals surface area contributed by atoms with Gasteiger partial charge in [0.2, 0.25) is 17.7 Å². The summed E-state index contributed by atoms with van der Waals surface area (Å²) in [5, 5.41) is 18.6. The summed E-state index contributed by atoms with van der Waals surface area (Å²) in [5.41, 5.74) is 24.1. The SMILES string of the molecule is CC(C)CC(NC(=O)C(CCCCN)NC(=O)C(Cc1c[nH]c2ccccc12)NC(=O)C(N)CCCN=C(N)N)C(=O)O. The molecule has 14 heteroatoms. The van der Waals surface area contributed by atoms with Gasteiger partial charge in [0.1, 0.15) is 18.1 Å². The molecule has 43 heavy (non-hydrogen) atoms. The van der Waals surface area contributed by atoms with Crippen molar-refractivity contribution >= 4 is 40.6 Å². The zero-order valence-electron chi connectivity index (χ0n) is 25.0. The molecule has 0 aliphatic rings. The Hall–Kier alpha value is -4.17. The van der Waals surface area contributed by atoms with E-state index in [2.05, 4.69) is 25.9 Å². The predicted molar refractivity (Wildman–Crippen MR) is 166 cm³/mol. The van der Waals surface area contributed by atoms with Crippen LogP contribution in [0.4, 0.5) is 0 Å². The van der Waals surface area contributed by atoms with Crippen molar-refractivity contribution < 1.29 is 24.3 Å². The summed E-state index contributed by atoms with van der Waals surface area (Å²) >= 11 is 0. The van der Waals surface area contributed by atoms with Gasteiger partial charge in [-0.1, -0.05) is 32.0 Å². The molecule has 0 saturated carbocycles. The molecule has 4 atom stereocenters. The van der Waals surface area contributed by atoms with E-state index in [1.807, 2.05) is 38.1 Å². The average Bonchev–Trinajstić information content (AvgIpc) is 3.36. The highest BCUT2D eigenvalue weighted by atomic mass is 16.4. The van der Waals surface area contributed by atoms with Crippen LogP contribution in [0.25, 0.3) is 10.9 Å². The lowest BCUT2D eigenvalue weighted by molar-refractivity contribution is -0.142. The van der Waals surface area contributed by atoms with Gasteiger partial charge in [-0.05, 0) is 62.6 Å². The van der Waals surface area contributed by atoms with Gasteiger partial charge < -0.3 is 49.0 Å². The van der Waals surface area contributed by atoms with E-state index in [0.717, 1.165) is 16.5 Å². The van der Waals surface area contributed by atoms with Gasteiger partial charge in [-0.3, -0.25) is 19.4 Å². The minimum atomic E-state index is -1.16. The number of nitrogens with one attached hydrogen (secondary N) is 4. The van der Waals surface area contributed by atoms with Crippen LogP contribution < -0.4 is 38.9 Å². The molecular formula is C29H47N9O5. The summed E-state index contributed by atoms with van der Waals surface area (Å²) in [6, 6.07) is 3.39. The van der Waals surface area contributed by atoms with Crippen LogP contribution in [0.15, 0.2) is 35.5 Å². The summed E-state index contributed by atoms with van der Waals surface area (Å²) in [6.07, 6.45) is 4.21. The van der Waals surface area contributed by atoms with Crippen molar-refractivity contribution in [2.45, 2.75) is 83.0 Å². The van der Waals surface area contributed by atoms with Crippen LogP contribution in [0.5, 0.6) is 0 Å². The fraction of sp³-hybridized carbons (Fsp3) is 0.552. The number of aliphatic carboxylic acids is 1. The first-order chi connectivity index (χ1) is 20.4. The number of nitrogens with two attached hydrogens (primary N) is 4. The number of hydrogen-bond acceptors (Lipinski definition) is 7. The number of carboxylic acids is 1. The summed E-state index contributed by atoms with van der Waals surface area (Å²) in [7, 11) is 0. The van der Waals surface area contributed by atoms with Crippen LogP contribution in [-0.4, -0.2) is 77.0 Å². The van der Waals surface area contributed by atoms with Gasteiger partial charge in [-0.2, -0.15) is 0 Å². The molecule has 238 valence electrons. The molecule has 1 aromatic carbocycles. The first kappa shape index (κ1) is 35.0. The fourth-order valence-electron chi connectivity index (χ4n) is 4.66. The highest BCUT2D eigenvalue weighted by Gasteiger charge is 2.31. The highest BCUT2D eigenvalue weighted by Crippen LogP contribution is 2.19. The second kappa shape index (κ2) is 17.7. The van der Waals surface area contributed by atoms with E-state index in [1.165, 1.54) is 0 Å². The number of H-pyrrole nitrogens is 1. The fourth-order valence-corrected chi connectivity index (χ4v) is 4.66. The summed E-state index contributed by atoms with van der Waals surface area (Å²) in [5.74, 6) is -2.96. The first-order valence-corrected chi connectivity index (χ1v) is 14.6. The van der Waals surface area contributed by atoms with Gasteiger partial charge in [0.05, 0.1) is 6.04 Å². The number of unbranched alkanes of at least 4 members (excludes halogenated alkanes) is 1. The van der Waals surface area contributed by atoms with Crippen molar-refractivity contribution in [1.29, 1.82) is 0 Å². The molecular weight excluding hydrogens is 554 g/mol. The largest absolute Gasteiger partial charge is 0.480 e. The third kappa shape index (κ3) is 11.9. The topological polar surface area (TPSA) is 257 Å². The summed E-state index contributed by atoms with van der Waals surface area (Å²) in [4.78, 5) is 58.8. The summed E-state index contributed by atoms with van der Waals surface area (Å²) in [6.45, 7) is 4.41. The number of nitrogens with zero attached hydrogens (tertiary/aromatic N) is 1. The summed E-state index contributed by atoms with van der Waals surface area (Å²) < 4.78 is 0. The van der Waals surface area contributed by atoms with Crippen LogP contribution in [0.2, 0.25) is 0 Å². The maximum Gasteiger partial charge on any atom is 0.326 e. The number of fused-ring (bicyclic) bond motifs is 1. The normalized spacial score (nSPS) is 14.0. The van der Waals surface area contributed by atoms with E-state index in [0.29, 0.717) is 32.4 Å². The standard InChI is InChI=1S/C29H47N9O5/c1-17(2)14-24(28(42)43)38-26(40)22(11-5-6-12-30)36-27(41)23(15-18-16-35-21-10-4-3-8-19(18)21)37-25(39)20(31)9-7-13-34-29(32)33/h3-4,8,10,16-17,20,22-24,35H,5-7,9,11-15,30-31H2,1-2H3,(H,36,41)(H,37,39)(H,38,40)(H,42,43)(H4,32,33,34). The van der Waals surface area contributed by atoms with E-state index < -0.39 is 47.9 Å². The molecule has 2 aromatic rings. The number of aromatic amines is 1. The Balaban J connectivity index is 2.27. The molecule has 2 rings (SSSR count). The lowest BCUT2D eigenvalue weighted by Crippen LogP contribution is -2.57. The van der Waals surface area contributed by atoms with Crippen molar-refractivity contribution in [3.8, 4) is 0 Å². The Morgan fingerprint density at radius 3 is 2.21 bits per heavy atom. The zero-order valence-corrected chi connectivity index (χ0v) is 25.0. The number of carboxylic acid groups (broad SMARTS) is 1. The molecule has 14 nitrogen and oxygen atoms in total. The molecule has 3 amide bonds. The van der Waals surface area contributed by atoms with Crippen LogP contribution in [0.1, 0.15) is 57.9 Å². The van der Waals surface area contributed by atoms with Gasteiger partial charge in [0, 0.05) is 30.1 Å². The third-order valence-electron chi connectivity index (χ3n) is 6.94. The van der Waals surface area contributed by atoms with Crippen molar-refractivity contribution in [2.75, 3.05) is 13.1 Å². The lowest BCUT2D eigenvalue weighted by atomic mass is 10.0. The number of carbonyl (C=O) groups is 4. The van der Waals surface area contributed by atoms with Crippen molar-refractivity contribution in [1.82, 2.24) is 20.9 Å². The molecule has 0 bridgehead atoms. The first-order valence-electron chi connectivity index (χ1n) is 14.6. The number of hydrogen-bond donors (Lipinski definition) is 9. The maximum atomic E-state index is 13.7. The minimum Gasteiger partial charge on any atom is -0.480 e. The minimum absolute atomic E-state index is 0.0196. The number of para-hydroxylation sites is 1. The van der Waals surface area contributed by atoms with E-state index in [-0.39, 0.29) is 37.6 Å². The van der Waals surface area contributed by atoms with Crippen molar-refractivity contribution in [2.24, 2.45) is 33.8 Å². The average molecular weight is 602 g/mol. The van der Waals surface area contributed by atoms with Gasteiger partial charge in [-0.25, -0.2) is 4.79 Å². The number of guanidine groups is 1. The number of aromatic nitrogens is 1. The van der Waals surface area contributed by atoms with Crippen LogP contribution in [-0.2, 0) is 25.6 Å². The van der Waals surface area contributed by atoms with Gasteiger partial charge in [-0.15, -0.1) is 0 Å². The number of aliphatic imine (C=N–C) groups is 1. The molecule has 1 aromatic heterocycles. The van der Waals surface area contributed by atoms with Crippen molar-refractivity contribution in [3.63, 3.8) is 0 Å². The van der Waals surface area contributed by atoms with E-state index in [9.17, 15) is 24.3 Å². The Bertz CT molecular complexity index is 1240. The quantitative estimate of drug-likeness (QED) is 0.0586. The second-order valence-corrected chi connectivity index (χ2v) is 11.1. The van der Waals surface area contributed by atoms with Crippen LogP contribution >= 0.6 is 0 Å². The molecule has 0 radical (unpaired) electrons. The van der Waals surface area contributed by atoms with Gasteiger partial charge in [0.15, 0.2) is 5.96 Å². The Morgan fingerprint density at radius 2 is 1.56 bits per heavy atom. The van der Waals surface area contributed by atoms with E-state index >= 15 is 0 Å². The smallest absolute Gasteiger partial charge is 0.326 e. The third-order valence-corrected chi connectivity index (χ3v) is 6.94. The number of rotatable bonds is 19. The van der Waals surface area contributed by atoms with Gasteiger partial charge >= 0.3 is 5.97 Å². The number of amides is 3. The number of carbonyl (C=O) groups excluding carboxylic acids is 3. The predicted octanol–water partition coefficient (Wildman–Crippen LogP) is -0.195. The van der Waals surface area contributed by atoms with Gasteiger partial charge in [0.25, 0.3) is 0 Å². The Labute approximate surface area is 251 Å². The maximum absolute atomic E-state index is 13.7. The highest BCUT2D eigenvalue weighted by molar-refractivity contribution is 5.95. The lowest BCUT2D eigenvalue weighted by Gasteiger charge is -2.25.